The summed E-state index contributed by atoms with van der Waals surface area (Å²) in [5.41, 5.74) is 1.80. The summed E-state index contributed by atoms with van der Waals surface area (Å²) < 4.78 is 24.4. The minimum atomic E-state index is -2.57. The molecule has 2 rings (SSSR count). The summed E-state index contributed by atoms with van der Waals surface area (Å²) in [5.74, 6) is -0.326. The summed E-state index contributed by atoms with van der Waals surface area (Å²) in [6.07, 6.45) is -0.979. The molecule has 0 aliphatic heterocycles. The first-order valence-corrected chi connectivity index (χ1v) is 3.77. The number of rotatable bonds is 1. The largest absolute Gasteiger partial charge is 0.336 e. The first-order chi connectivity index (χ1) is 6.16. The van der Waals surface area contributed by atoms with Crippen molar-refractivity contribution >= 4 is 11.2 Å². The lowest BCUT2D eigenvalue weighted by molar-refractivity contribution is 0.142. The van der Waals surface area contributed by atoms with Crippen molar-refractivity contribution in [1.29, 1.82) is 0 Å². The van der Waals surface area contributed by atoms with Crippen molar-refractivity contribution in [2.24, 2.45) is 0 Å². The van der Waals surface area contributed by atoms with Gasteiger partial charge in [-0.2, -0.15) is 0 Å². The van der Waals surface area contributed by atoms with Crippen molar-refractivity contribution in [3.8, 4) is 0 Å². The van der Waals surface area contributed by atoms with Gasteiger partial charge in [0.2, 0.25) is 0 Å². The zero-order valence-electron chi connectivity index (χ0n) is 6.88. The van der Waals surface area contributed by atoms with Crippen molar-refractivity contribution in [2.75, 3.05) is 0 Å². The molecule has 2 heterocycles. The van der Waals surface area contributed by atoms with Crippen molar-refractivity contribution in [1.82, 2.24) is 15.0 Å². The van der Waals surface area contributed by atoms with Crippen LogP contribution in [0.15, 0.2) is 12.3 Å². The van der Waals surface area contributed by atoms with Crippen molar-refractivity contribution in [2.45, 2.75) is 13.3 Å². The highest BCUT2D eigenvalue weighted by Gasteiger charge is 2.12. The number of hydrogen-bond donors (Lipinski definition) is 1. The monoisotopic (exact) mass is 183 g/mol. The molecule has 0 spiro atoms. The molecule has 2 aromatic rings. The Labute approximate surface area is 72.8 Å². The summed E-state index contributed by atoms with van der Waals surface area (Å²) in [4.78, 5) is 10.1. The van der Waals surface area contributed by atoms with Gasteiger partial charge in [-0.05, 0) is 18.6 Å². The molecule has 0 aromatic carbocycles. The standard InChI is InChI=1S/C8H7F2N3/c1-4-2-5-7(11-3-4)13-8(12-5)6(9)10/h2-3,6H,1H3,(H,11,12,13). The van der Waals surface area contributed by atoms with E-state index in [0.29, 0.717) is 11.2 Å². The van der Waals surface area contributed by atoms with Gasteiger partial charge in [-0.15, -0.1) is 0 Å². The van der Waals surface area contributed by atoms with Crippen LogP contribution < -0.4 is 0 Å². The first-order valence-electron chi connectivity index (χ1n) is 3.77. The van der Waals surface area contributed by atoms with Crippen molar-refractivity contribution < 1.29 is 8.78 Å². The van der Waals surface area contributed by atoms with Gasteiger partial charge in [0, 0.05) is 6.20 Å². The average Bonchev–Trinajstić information content (AvgIpc) is 2.46. The zero-order valence-corrected chi connectivity index (χ0v) is 6.88. The fraction of sp³-hybridized carbons (Fsp3) is 0.250. The van der Waals surface area contributed by atoms with Gasteiger partial charge in [0.05, 0.1) is 5.52 Å². The van der Waals surface area contributed by atoms with Gasteiger partial charge in [-0.3, -0.25) is 0 Å². The molecule has 0 unspecified atom stereocenters. The molecule has 0 atom stereocenters. The second-order valence-electron chi connectivity index (χ2n) is 2.81. The SMILES string of the molecule is Cc1cnc2nc(C(F)F)[nH]c2c1. The zero-order chi connectivity index (χ0) is 9.42. The van der Waals surface area contributed by atoms with E-state index in [9.17, 15) is 8.78 Å². The number of nitrogens with one attached hydrogen (secondary N) is 1. The fourth-order valence-electron chi connectivity index (χ4n) is 1.13. The maximum Gasteiger partial charge on any atom is 0.295 e. The Kier molecular flexibility index (Phi) is 1.72. The molecular formula is C8H7F2N3. The van der Waals surface area contributed by atoms with Crippen LogP contribution in [-0.2, 0) is 0 Å². The van der Waals surface area contributed by atoms with Crippen LogP contribution in [0, 0.1) is 6.92 Å². The highest BCUT2D eigenvalue weighted by atomic mass is 19.3. The molecule has 13 heavy (non-hydrogen) atoms. The highest BCUT2D eigenvalue weighted by molar-refractivity contribution is 5.70. The second kappa shape index (κ2) is 2.76. The van der Waals surface area contributed by atoms with E-state index >= 15 is 0 Å². The molecule has 68 valence electrons. The van der Waals surface area contributed by atoms with Crippen LogP contribution in [0.25, 0.3) is 11.2 Å². The molecule has 0 bridgehead atoms. The lowest BCUT2D eigenvalue weighted by atomic mass is 10.3. The Balaban J connectivity index is 2.62. The molecule has 0 aliphatic rings. The highest BCUT2D eigenvalue weighted by Crippen LogP contribution is 2.18. The Bertz CT molecular complexity index is 436. The number of alkyl halides is 2. The third-order valence-corrected chi connectivity index (χ3v) is 1.70. The number of halogens is 2. The number of fused-ring (bicyclic) bond motifs is 1. The first kappa shape index (κ1) is 8.10. The molecule has 0 saturated heterocycles. The van der Waals surface area contributed by atoms with Gasteiger partial charge in [-0.25, -0.2) is 18.7 Å². The van der Waals surface area contributed by atoms with E-state index < -0.39 is 6.43 Å². The molecule has 2 aromatic heterocycles. The van der Waals surface area contributed by atoms with Crippen LogP contribution in [0.3, 0.4) is 0 Å². The summed E-state index contributed by atoms with van der Waals surface area (Å²) in [7, 11) is 0. The smallest absolute Gasteiger partial charge is 0.295 e. The Hall–Kier alpha value is -1.52. The molecule has 0 amide bonds. The number of H-pyrrole nitrogens is 1. The maximum atomic E-state index is 12.2. The number of nitrogens with zero attached hydrogens (tertiary/aromatic N) is 2. The molecule has 1 N–H and O–H groups in total. The minimum absolute atomic E-state index is 0.326. The molecule has 5 heteroatoms. The summed E-state index contributed by atoms with van der Waals surface area (Å²) in [5, 5.41) is 0. The van der Waals surface area contributed by atoms with Gasteiger partial charge in [0.1, 0.15) is 0 Å². The number of hydrogen-bond acceptors (Lipinski definition) is 2. The Morgan fingerprint density at radius 2 is 2.23 bits per heavy atom. The molecule has 0 saturated carbocycles. The van der Waals surface area contributed by atoms with E-state index in [2.05, 4.69) is 15.0 Å². The van der Waals surface area contributed by atoms with E-state index in [-0.39, 0.29) is 5.82 Å². The fourth-order valence-corrected chi connectivity index (χ4v) is 1.13. The van der Waals surface area contributed by atoms with Crippen LogP contribution in [0.1, 0.15) is 17.8 Å². The minimum Gasteiger partial charge on any atom is -0.336 e. The van der Waals surface area contributed by atoms with Crippen LogP contribution >= 0.6 is 0 Å². The van der Waals surface area contributed by atoms with Crippen LogP contribution in [0.4, 0.5) is 8.78 Å². The quantitative estimate of drug-likeness (QED) is 0.736. The summed E-state index contributed by atoms with van der Waals surface area (Å²) >= 11 is 0. The summed E-state index contributed by atoms with van der Waals surface area (Å²) in [6, 6.07) is 1.74. The number of aromatic amines is 1. The van der Waals surface area contributed by atoms with E-state index in [1.165, 1.54) is 0 Å². The molecule has 0 aliphatic carbocycles. The second-order valence-corrected chi connectivity index (χ2v) is 2.81. The predicted molar refractivity (Wildman–Crippen MR) is 43.6 cm³/mol. The van der Waals surface area contributed by atoms with E-state index in [4.69, 9.17) is 0 Å². The molecular weight excluding hydrogens is 176 g/mol. The number of aromatic nitrogens is 3. The lowest BCUT2D eigenvalue weighted by Crippen LogP contribution is -1.85. The van der Waals surface area contributed by atoms with E-state index in [1.54, 1.807) is 12.3 Å². The normalized spacial score (nSPS) is 11.4. The third kappa shape index (κ3) is 1.37. The van der Waals surface area contributed by atoms with Gasteiger partial charge in [-0.1, -0.05) is 0 Å². The van der Waals surface area contributed by atoms with E-state index in [1.807, 2.05) is 6.92 Å². The lowest BCUT2D eigenvalue weighted by Gasteiger charge is -1.89. The average molecular weight is 183 g/mol. The molecule has 3 nitrogen and oxygen atoms in total. The van der Waals surface area contributed by atoms with Gasteiger partial charge < -0.3 is 4.98 Å². The van der Waals surface area contributed by atoms with Gasteiger partial charge >= 0.3 is 0 Å². The van der Waals surface area contributed by atoms with Crippen LogP contribution in [0.5, 0.6) is 0 Å². The Morgan fingerprint density at radius 1 is 1.46 bits per heavy atom. The predicted octanol–water partition coefficient (Wildman–Crippen LogP) is 2.20. The van der Waals surface area contributed by atoms with Gasteiger partial charge in [0.15, 0.2) is 11.5 Å². The molecule has 0 radical (unpaired) electrons. The number of pyridine rings is 1. The van der Waals surface area contributed by atoms with Gasteiger partial charge in [0.25, 0.3) is 6.43 Å². The number of imidazole rings is 1. The van der Waals surface area contributed by atoms with Crippen molar-refractivity contribution in [3.63, 3.8) is 0 Å². The maximum absolute atomic E-state index is 12.2. The van der Waals surface area contributed by atoms with Crippen molar-refractivity contribution in [3.05, 3.63) is 23.7 Å². The Morgan fingerprint density at radius 3 is 2.92 bits per heavy atom. The number of aryl methyl sites for hydroxylation is 1. The molecule has 0 fully saturated rings. The van der Waals surface area contributed by atoms with Crippen LogP contribution in [0.2, 0.25) is 0 Å². The third-order valence-electron chi connectivity index (χ3n) is 1.70. The van der Waals surface area contributed by atoms with E-state index in [0.717, 1.165) is 5.56 Å². The topological polar surface area (TPSA) is 41.6 Å². The summed E-state index contributed by atoms with van der Waals surface area (Å²) in [6.45, 7) is 1.84. The van der Waals surface area contributed by atoms with Crippen LogP contribution in [-0.4, -0.2) is 15.0 Å².